The molecule has 6 heteroatoms. The molecule has 1 amide bonds. The molecule has 126 valence electrons. The number of likely N-dealkylation sites (tertiary alicyclic amines) is 1. The maximum Gasteiger partial charge on any atom is 0.410 e. The third kappa shape index (κ3) is 3.07. The highest BCUT2D eigenvalue weighted by Crippen LogP contribution is 2.33. The quantitative estimate of drug-likeness (QED) is 0.811. The summed E-state index contributed by atoms with van der Waals surface area (Å²) in [4.78, 5) is 21.5. The number of imidazole rings is 1. The zero-order chi connectivity index (χ0) is 17.5. The van der Waals surface area contributed by atoms with E-state index in [1.54, 1.807) is 11.0 Å². The molecule has 0 saturated carbocycles. The van der Waals surface area contributed by atoms with Crippen LogP contribution in [-0.2, 0) is 4.74 Å². The average Bonchev–Trinajstić information content (AvgIpc) is 3.11. The van der Waals surface area contributed by atoms with Crippen molar-refractivity contribution in [1.29, 1.82) is 0 Å². The molecule has 0 bridgehead atoms. The van der Waals surface area contributed by atoms with Crippen LogP contribution >= 0.6 is 0 Å². The van der Waals surface area contributed by atoms with Crippen molar-refractivity contribution in [3.63, 3.8) is 0 Å². The van der Waals surface area contributed by atoms with Gasteiger partial charge >= 0.3 is 6.09 Å². The fourth-order valence-electron chi connectivity index (χ4n) is 2.93. The second-order valence-electron chi connectivity index (χ2n) is 6.95. The number of terminal acetylenes is 1. The molecule has 1 aromatic heterocycles. The summed E-state index contributed by atoms with van der Waals surface area (Å²) in [6.07, 6.45) is 6.56. The van der Waals surface area contributed by atoms with Gasteiger partial charge in [-0.05, 0) is 45.7 Å². The molecule has 0 unspecified atom stereocenters. The third-order valence-corrected chi connectivity index (χ3v) is 3.92. The van der Waals surface area contributed by atoms with Crippen molar-refractivity contribution in [1.82, 2.24) is 14.9 Å². The van der Waals surface area contributed by atoms with Gasteiger partial charge in [0, 0.05) is 12.1 Å². The number of nitrogens with zero attached hydrogens (tertiary/aromatic N) is 2. The third-order valence-electron chi connectivity index (χ3n) is 3.92. The second kappa shape index (κ2) is 5.82. The van der Waals surface area contributed by atoms with Gasteiger partial charge in [-0.3, -0.25) is 4.90 Å². The standard InChI is InChI=1S/C18H20FN3O2/c1-5-11-9-12(19)15-13(10-11)20-16(21-15)14-7-6-8-22(14)17(23)24-18(2,3)4/h1,9-10,14H,6-8H2,2-4H3,(H,20,21)/t14-/m0/s1. The minimum Gasteiger partial charge on any atom is -0.444 e. The van der Waals surface area contributed by atoms with E-state index >= 15 is 0 Å². The average molecular weight is 329 g/mol. The van der Waals surface area contributed by atoms with E-state index in [0.717, 1.165) is 12.8 Å². The van der Waals surface area contributed by atoms with Crippen molar-refractivity contribution in [2.24, 2.45) is 0 Å². The maximum absolute atomic E-state index is 14.1. The number of carbonyl (C=O) groups is 1. The number of amides is 1. The molecule has 1 aliphatic heterocycles. The monoisotopic (exact) mass is 329 g/mol. The molecule has 1 atom stereocenters. The van der Waals surface area contributed by atoms with Crippen molar-refractivity contribution in [2.45, 2.75) is 45.3 Å². The number of fused-ring (bicyclic) bond motifs is 1. The number of rotatable bonds is 1. The molecule has 1 aromatic carbocycles. The van der Waals surface area contributed by atoms with Crippen molar-refractivity contribution in [2.75, 3.05) is 6.54 Å². The number of halogens is 1. The Kier molecular flexibility index (Phi) is 3.96. The number of hydrogen-bond acceptors (Lipinski definition) is 3. The number of H-pyrrole nitrogens is 1. The molecule has 2 heterocycles. The highest BCUT2D eigenvalue weighted by Gasteiger charge is 2.35. The van der Waals surface area contributed by atoms with Gasteiger partial charge in [0.05, 0.1) is 11.6 Å². The van der Waals surface area contributed by atoms with E-state index in [4.69, 9.17) is 11.2 Å². The minimum absolute atomic E-state index is 0.236. The Bertz CT molecular complexity index is 829. The fourth-order valence-corrected chi connectivity index (χ4v) is 2.93. The van der Waals surface area contributed by atoms with Crippen molar-refractivity contribution < 1.29 is 13.9 Å². The molecule has 3 rings (SSSR count). The Hall–Kier alpha value is -2.55. The lowest BCUT2D eigenvalue weighted by Gasteiger charge is -2.27. The van der Waals surface area contributed by atoms with Gasteiger partial charge in [-0.15, -0.1) is 6.42 Å². The van der Waals surface area contributed by atoms with Gasteiger partial charge in [-0.25, -0.2) is 14.2 Å². The largest absolute Gasteiger partial charge is 0.444 e. The number of aromatic nitrogens is 2. The Balaban J connectivity index is 1.93. The first kappa shape index (κ1) is 16.3. The lowest BCUT2D eigenvalue weighted by Crippen LogP contribution is -2.36. The normalized spacial score (nSPS) is 18.0. The summed E-state index contributed by atoms with van der Waals surface area (Å²) in [6, 6.07) is 2.72. The first-order valence-electron chi connectivity index (χ1n) is 7.94. The van der Waals surface area contributed by atoms with Crippen LogP contribution in [0, 0.1) is 18.2 Å². The highest BCUT2D eigenvalue weighted by atomic mass is 19.1. The molecule has 0 radical (unpaired) electrons. The number of benzene rings is 1. The van der Waals surface area contributed by atoms with Gasteiger partial charge in [0.25, 0.3) is 0 Å². The maximum atomic E-state index is 14.1. The lowest BCUT2D eigenvalue weighted by molar-refractivity contribution is 0.0219. The number of nitrogens with one attached hydrogen (secondary N) is 1. The summed E-state index contributed by atoms with van der Waals surface area (Å²) < 4.78 is 19.6. The van der Waals surface area contributed by atoms with Crippen LogP contribution in [0.3, 0.4) is 0 Å². The van der Waals surface area contributed by atoms with E-state index in [9.17, 15) is 9.18 Å². The zero-order valence-corrected chi connectivity index (χ0v) is 14.0. The van der Waals surface area contributed by atoms with Crippen molar-refractivity contribution in [3.05, 3.63) is 29.3 Å². The van der Waals surface area contributed by atoms with E-state index in [1.807, 2.05) is 20.8 Å². The van der Waals surface area contributed by atoms with Gasteiger partial charge in [-0.1, -0.05) is 5.92 Å². The minimum atomic E-state index is -0.564. The van der Waals surface area contributed by atoms with Gasteiger partial charge in [0.15, 0.2) is 5.82 Å². The SMILES string of the molecule is C#Cc1cc(F)c2nc([C@@H]3CCCN3C(=O)OC(C)(C)C)[nH]c2c1. The number of ether oxygens (including phenoxy) is 1. The predicted octanol–water partition coefficient (Wildman–Crippen LogP) is 3.76. The molecule has 1 fully saturated rings. The van der Waals surface area contributed by atoms with Gasteiger partial charge in [-0.2, -0.15) is 0 Å². The van der Waals surface area contributed by atoms with Gasteiger partial charge in [0.2, 0.25) is 0 Å². The first-order chi connectivity index (χ1) is 11.3. The van der Waals surface area contributed by atoms with Crippen molar-refractivity contribution in [3.8, 4) is 12.3 Å². The Morgan fingerprint density at radius 1 is 1.50 bits per heavy atom. The molecule has 1 aliphatic rings. The molecule has 0 aliphatic carbocycles. The van der Waals surface area contributed by atoms with Crippen LogP contribution in [-0.4, -0.2) is 33.1 Å². The smallest absolute Gasteiger partial charge is 0.410 e. The molecular formula is C18H20FN3O2. The van der Waals surface area contributed by atoms with Gasteiger partial charge < -0.3 is 9.72 Å². The summed E-state index contributed by atoms with van der Waals surface area (Å²) in [6.45, 7) is 6.07. The van der Waals surface area contributed by atoms with Crippen LogP contribution in [0.2, 0.25) is 0 Å². The Morgan fingerprint density at radius 2 is 2.25 bits per heavy atom. The summed E-state index contributed by atoms with van der Waals surface area (Å²) in [7, 11) is 0. The van der Waals surface area contributed by atoms with Crippen LogP contribution < -0.4 is 0 Å². The number of aromatic amines is 1. The molecule has 2 aromatic rings. The summed E-state index contributed by atoms with van der Waals surface area (Å²) in [5.74, 6) is 2.51. The van der Waals surface area contributed by atoms with Crippen LogP contribution in [0.25, 0.3) is 11.0 Å². The van der Waals surface area contributed by atoms with Crippen LogP contribution in [0.4, 0.5) is 9.18 Å². The second-order valence-corrected chi connectivity index (χ2v) is 6.95. The topological polar surface area (TPSA) is 58.2 Å². The van der Waals surface area contributed by atoms with E-state index in [0.29, 0.717) is 23.4 Å². The first-order valence-corrected chi connectivity index (χ1v) is 7.94. The van der Waals surface area contributed by atoms with E-state index in [1.165, 1.54) is 6.07 Å². The van der Waals surface area contributed by atoms with E-state index in [2.05, 4.69) is 15.9 Å². The van der Waals surface area contributed by atoms with Crippen LogP contribution in [0.15, 0.2) is 12.1 Å². The molecular weight excluding hydrogens is 309 g/mol. The van der Waals surface area contributed by atoms with Crippen molar-refractivity contribution >= 4 is 17.1 Å². The van der Waals surface area contributed by atoms with Gasteiger partial charge in [0.1, 0.15) is 16.9 Å². The number of hydrogen-bond donors (Lipinski definition) is 1. The summed E-state index contributed by atoms with van der Waals surface area (Å²) >= 11 is 0. The summed E-state index contributed by atoms with van der Waals surface area (Å²) in [5.41, 5.74) is 0.658. The highest BCUT2D eigenvalue weighted by molar-refractivity contribution is 5.78. The number of carbonyl (C=O) groups excluding carboxylic acids is 1. The van der Waals surface area contributed by atoms with Crippen LogP contribution in [0.5, 0.6) is 0 Å². The van der Waals surface area contributed by atoms with E-state index in [-0.39, 0.29) is 17.7 Å². The molecule has 0 spiro atoms. The Labute approximate surface area is 140 Å². The molecule has 1 saturated heterocycles. The molecule has 24 heavy (non-hydrogen) atoms. The Morgan fingerprint density at radius 3 is 2.92 bits per heavy atom. The predicted molar refractivity (Wildman–Crippen MR) is 88.9 cm³/mol. The lowest BCUT2D eigenvalue weighted by atomic mass is 10.2. The van der Waals surface area contributed by atoms with E-state index < -0.39 is 11.4 Å². The molecule has 1 N–H and O–H groups in total. The molecule has 5 nitrogen and oxygen atoms in total. The fraction of sp³-hybridized carbons (Fsp3) is 0.444. The summed E-state index contributed by atoms with van der Waals surface area (Å²) in [5, 5.41) is 0. The van der Waals surface area contributed by atoms with Crippen LogP contribution in [0.1, 0.15) is 51.0 Å². The zero-order valence-electron chi connectivity index (χ0n) is 14.0.